The van der Waals surface area contributed by atoms with E-state index >= 15 is 0 Å². The molecule has 0 amide bonds. The fourth-order valence-electron chi connectivity index (χ4n) is 3.95. The predicted molar refractivity (Wildman–Crippen MR) is 131 cm³/mol. The minimum absolute atomic E-state index is 0.0386. The maximum atomic E-state index is 13.9. The van der Waals surface area contributed by atoms with Crippen molar-refractivity contribution < 1.29 is 28.6 Å². The van der Waals surface area contributed by atoms with E-state index in [0.29, 0.717) is 39.7 Å². The zero-order chi connectivity index (χ0) is 25.1. The Balaban J connectivity index is 1.84. The number of carboxylic acids is 1. The molecule has 2 N–H and O–H groups in total. The van der Waals surface area contributed by atoms with Crippen LogP contribution in [0.5, 0.6) is 0 Å². The van der Waals surface area contributed by atoms with Gasteiger partial charge in [-0.15, -0.1) is 11.3 Å². The van der Waals surface area contributed by atoms with Crippen molar-refractivity contribution in [1.29, 1.82) is 0 Å². The molecule has 0 aliphatic carbocycles. The van der Waals surface area contributed by atoms with E-state index in [4.69, 9.17) is 14.5 Å². The van der Waals surface area contributed by atoms with Crippen LogP contribution in [-0.2, 0) is 19.1 Å². The van der Waals surface area contributed by atoms with Crippen LogP contribution in [0.15, 0.2) is 45.1 Å². The Morgan fingerprint density at radius 2 is 2.23 bits per heavy atom. The third kappa shape index (κ3) is 5.61. The van der Waals surface area contributed by atoms with Gasteiger partial charge < -0.3 is 19.9 Å². The first-order valence-electron chi connectivity index (χ1n) is 11.0. The number of aliphatic imine (C=N–C) groups is 1. The number of halogens is 2. The van der Waals surface area contributed by atoms with Crippen LogP contribution < -0.4 is 5.32 Å². The second-order valence-corrected chi connectivity index (χ2v) is 10.0. The summed E-state index contributed by atoms with van der Waals surface area (Å²) in [6, 6.07) is 2.47. The van der Waals surface area contributed by atoms with E-state index in [1.807, 2.05) is 6.92 Å². The molecule has 4 rings (SSSR count). The van der Waals surface area contributed by atoms with Gasteiger partial charge in [-0.05, 0) is 31.5 Å². The van der Waals surface area contributed by atoms with Crippen LogP contribution >= 0.6 is 27.3 Å². The van der Waals surface area contributed by atoms with Crippen LogP contribution in [0.2, 0.25) is 0 Å². The molecule has 0 bridgehead atoms. The Bertz CT molecular complexity index is 1200. The summed E-state index contributed by atoms with van der Waals surface area (Å²) in [4.78, 5) is 37.0. The number of amidine groups is 1. The molecule has 2 aliphatic rings. The molecule has 1 aromatic carbocycles. The van der Waals surface area contributed by atoms with E-state index in [1.165, 1.54) is 23.5 Å². The van der Waals surface area contributed by atoms with Gasteiger partial charge >= 0.3 is 11.9 Å². The number of morpholine rings is 1. The number of benzene rings is 1. The molecule has 0 spiro atoms. The number of ether oxygens (including phenoxy) is 2. The fourth-order valence-corrected chi connectivity index (χ4v) is 5.23. The molecule has 2 aromatic rings. The highest BCUT2D eigenvalue weighted by Gasteiger charge is 2.37. The van der Waals surface area contributed by atoms with Crippen molar-refractivity contribution in [3.8, 4) is 0 Å². The quantitative estimate of drug-likeness (QED) is 0.491. The third-order valence-electron chi connectivity index (χ3n) is 5.59. The molecule has 1 aromatic heterocycles. The summed E-state index contributed by atoms with van der Waals surface area (Å²) >= 11 is 4.83. The maximum absolute atomic E-state index is 13.9. The largest absolute Gasteiger partial charge is 0.480 e. The van der Waals surface area contributed by atoms with Gasteiger partial charge in [0.15, 0.2) is 10.8 Å². The number of hydrogen-bond acceptors (Lipinski definition) is 9. The van der Waals surface area contributed by atoms with Crippen molar-refractivity contribution in [2.24, 2.45) is 4.99 Å². The van der Waals surface area contributed by atoms with Crippen molar-refractivity contribution >= 4 is 45.0 Å². The molecule has 0 saturated carbocycles. The molecular formula is C23H24BrFN4O5S. The number of aryl methyl sites for hydroxylation is 1. The third-order valence-corrected chi connectivity index (χ3v) is 7.19. The Morgan fingerprint density at radius 3 is 2.89 bits per heavy atom. The van der Waals surface area contributed by atoms with Gasteiger partial charge in [0, 0.05) is 34.3 Å². The average molecular weight is 567 g/mol. The van der Waals surface area contributed by atoms with Crippen LogP contribution in [0.3, 0.4) is 0 Å². The van der Waals surface area contributed by atoms with E-state index in [9.17, 15) is 19.1 Å². The second-order valence-electron chi connectivity index (χ2n) is 7.96. The summed E-state index contributed by atoms with van der Waals surface area (Å²) in [6.45, 7) is 4.66. The monoisotopic (exact) mass is 566 g/mol. The highest BCUT2D eigenvalue weighted by atomic mass is 79.9. The summed E-state index contributed by atoms with van der Waals surface area (Å²) in [5, 5.41) is 13.5. The van der Waals surface area contributed by atoms with Crippen LogP contribution in [0.4, 0.5) is 4.39 Å². The summed E-state index contributed by atoms with van der Waals surface area (Å²) in [6.07, 6.45) is 1.72. The van der Waals surface area contributed by atoms with Crippen molar-refractivity contribution in [2.75, 3.05) is 32.9 Å². The van der Waals surface area contributed by atoms with Gasteiger partial charge in [-0.2, -0.15) is 0 Å². The first kappa shape index (κ1) is 25.4. The van der Waals surface area contributed by atoms with Gasteiger partial charge in [0.2, 0.25) is 0 Å². The normalized spacial score (nSPS) is 20.9. The molecule has 0 radical (unpaired) electrons. The van der Waals surface area contributed by atoms with Gasteiger partial charge in [-0.1, -0.05) is 22.0 Å². The van der Waals surface area contributed by atoms with E-state index in [2.05, 4.69) is 26.2 Å². The Kier molecular flexibility index (Phi) is 7.95. The van der Waals surface area contributed by atoms with Gasteiger partial charge in [0.1, 0.15) is 17.9 Å². The number of aliphatic carboxylic acids is 1. The van der Waals surface area contributed by atoms with E-state index in [-0.39, 0.29) is 25.3 Å². The lowest BCUT2D eigenvalue weighted by Crippen LogP contribution is -2.52. The molecular weight excluding hydrogens is 543 g/mol. The number of carboxylic acid groups (broad SMARTS) is 1. The lowest BCUT2D eigenvalue weighted by atomic mass is 9.95. The molecule has 2 aliphatic heterocycles. The fraction of sp³-hybridized carbons (Fsp3) is 0.391. The number of thiazole rings is 1. The number of esters is 1. The average Bonchev–Trinajstić information content (AvgIpc) is 3.25. The first-order chi connectivity index (χ1) is 16.8. The second kappa shape index (κ2) is 10.9. The Morgan fingerprint density at radius 1 is 1.43 bits per heavy atom. The number of nitrogens with one attached hydrogen (secondary N) is 1. The molecule has 2 unspecified atom stereocenters. The van der Waals surface area contributed by atoms with Crippen LogP contribution in [0.1, 0.15) is 28.4 Å². The molecule has 1 saturated heterocycles. The molecule has 9 nitrogen and oxygen atoms in total. The number of carbonyl (C=O) groups is 2. The summed E-state index contributed by atoms with van der Waals surface area (Å²) in [5.41, 5.74) is 1.25. The van der Waals surface area contributed by atoms with Crippen molar-refractivity contribution in [1.82, 2.24) is 15.2 Å². The smallest absolute Gasteiger partial charge is 0.338 e. The lowest BCUT2D eigenvalue weighted by Gasteiger charge is -2.35. The number of hydrogen-bond donors (Lipinski definition) is 2. The predicted octanol–water partition coefficient (Wildman–Crippen LogP) is 3.05. The van der Waals surface area contributed by atoms with Crippen molar-refractivity contribution in [2.45, 2.75) is 25.9 Å². The lowest BCUT2D eigenvalue weighted by molar-refractivity contribution is -0.149. The van der Waals surface area contributed by atoms with Crippen molar-refractivity contribution in [3.63, 3.8) is 0 Å². The summed E-state index contributed by atoms with van der Waals surface area (Å²) in [7, 11) is 0. The molecule has 35 heavy (non-hydrogen) atoms. The molecule has 2 atom stereocenters. The molecule has 1 fully saturated rings. The highest BCUT2D eigenvalue weighted by Crippen LogP contribution is 2.37. The minimum atomic E-state index is -1.01. The van der Waals surface area contributed by atoms with E-state index in [1.54, 1.807) is 24.1 Å². The van der Waals surface area contributed by atoms with Crippen LogP contribution in [-0.4, -0.2) is 71.7 Å². The topological polar surface area (TPSA) is 113 Å². The first-order valence-corrected chi connectivity index (χ1v) is 12.6. The van der Waals surface area contributed by atoms with Gasteiger partial charge in [-0.3, -0.25) is 14.7 Å². The van der Waals surface area contributed by atoms with Gasteiger partial charge in [0.25, 0.3) is 0 Å². The molecule has 12 heteroatoms. The molecule has 3 heterocycles. The number of aromatic nitrogens is 1. The highest BCUT2D eigenvalue weighted by molar-refractivity contribution is 9.10. The van der Waals surface area contributed by atoms with Gasteiger partial charge in [0.05, 0.1) is 25.4 Å². The zero-order valence-electron chi connectivity index (χ0n) is 19.1. The Hall–Kier alpha value is -2.67. The minimum Gasteiger partial charge on any atom is -0.480 e. The van der Waals surface area contributed by atoms with E-state index in [0.717, 1.165) is 4.88 Å². The number of carbonyl (C=O) groups excluding carboxylic acids is 1. The van der Waals surface area contributed by atoms with E-state index < -0.39 is 29.8 Å². The number of nitrogens with zero attached hydrogens (tertiary/aromatic N) is 3. The maximum Gasteiger partial charge on any atom is 0.338 e. The summed E-state index contributed by atoms with van der Waals surface area (Å²) < 4.78 is 25.0. The van der Waals surface area contributed by atoms with Crippen molar-refractivity contribution in [3.05, 3.63) is 61.4 Å². The standard InChI is InChI=1S/C23H24BrFN4O5S/c1-3-34-23(32)18-16(10-29-6-7-33-11-17(29)22(30)31)27-20(21-26-9-12(2)35-21)28-19(18)14-5-4-13(25)8-15(14)24/h4-5,8-9,17,19H,3,6-7,10-11H2,1-2H3,(H,27,28)(H,30,31). The SMILES string of the molecule is CCOC(=O)C1=C(CN2CCOCC2C(=O)O)NC(c2ncc(C)s2)=NC1c1ccc(F)cc1Br. The van der Waals surface area contributed by atoms with Crippen LogP contribution in [0, 0.1) is 12.7 Å². The summed E-state index contributed by atoms with van der Waals surface area (Å²) in [5.74, 6) is -1.60. The van der Waals surface area contributed by atoms with Crippen LogP contribution in [0.25, 0.3) is 0 Å². The Labute approximate surface area is 213 Å². The zero-order valence-corrected chi connectivity index (χ0v) is 21.5. The van der Waals surface area contributed by atoms with Gasteiger partial charge in [-0.25, -0.2) is 14.2 Å². The molecule has 186 valence electrons. The number of rotatable bonds is 7.